The van der Waals surface area contributed by atoms with Crippen LogP contribution in [0.5, 0.6) is 0 Å². The van der Waals surface area contributed by atoms with Crippen molar-refractivity contribution in [3.8, 4) is 11.4 Å². The Bertz CT molecular complexity index is 3220. The number of esters is 2. The Kier molecular flexibility index (Phi) is 18.3. The summed E-state index contributed by atoms with van der Waals surface area (Å²) in [6, 6.07) is 44.0. The molecule has 0 spiro atoms. The SMILES string of the molecule is COC(=O)C(CC(=O)CSc1nnc(Br)n1-c1ccc(C2CC2)c2ccccc12)Cc1ccccc1.COC(=O)C(N)Cc1ccccc1.O=C(O)CSc1nnc(Br)n1-c1ccc(C2CC2)c2ccccc12. The number of thioether (sulfide) groups is 2. The predicted octanol–water partition coefficient (Wildman–Crippen LogP) is 11.1. The average molecular weight is 1150 g/mol. The standard InChI is InChI=1S/C28H26BrN3O3S.C17H14BrN3O2S.C10H13NO2/c1-35-26(34)20(15-18-7-3-2-4-8-18)16-21(33)17-36-28-31-30-27(29)32(28)25-14-13-22(19-11-12-19)23-9-5-6-10-24(23)25;18-16-19-20-17(24-9-15(22)23)21(16)14-8-7-11(10-5-6-10)12-3-1-2-4-13(12)14;1-13-10(12)9(11)7-8-5-3-2-4-6-8/h2-10,13-14,19-20H,11-12,15-17H2,1H3;1-4,7-8,10H,5-6,9H2,(H,22,23);2-6,9H,7,11H2,1H3. The number of ketones is 1. The highest BCUT2D eigenvalue weighted by molar-refractivity contribution is 9.10. The van der Waals surface area contributed by atoms with Crippen molar-refractivity contribution in [2.24, 2.45) is 11.7 Å². The largest absolute Gasteiger partial charge is 0.481 e. The number of rotatable bonds is 18. The molecule has 2 aromatic heterocycles. The third-order valence-electron chi connectivity index (χ3n) is 12.4. The van der Waals surface area contributed by atoms with Gasteiger partial charge in [0.25, 0.3) is 0 Å². The highest BCUT2D eigenvalue weighted by Crippen LogP contribution is 2.46. The number of fused-ring (bicyclic) bond motifs is 2. The van der Waals surface area contributed by atoms with E-state index >= 15 is 0 Å². The minimum Gasteiger partial charge on any atom is -0.481 e. The van der Waals surface area contributed by atoms with Gasteiger partial charge in [-0.1, -0.05) is 145 Å². The molecule has 2 aliphatic rings. The van der Waals surface area contributed by atoms with Crippen LogP contribution in [0.2, 0.25) is 0 Å². The Morgan fingerprint density at radius 1 is 0.589 bits per heavy atom. The molecule has 2 unspecified atom stereocenters. The minimum absolute atomic E-state index is 0.0362. The van der Waals surface area contributed by atoms with Crippen LogP contribution in [-0.4, -0.2) is 90.1 Å². The van der Waals surface area contributed by atoms with Crippen LogP contribution in [0, 0.1) is 5.92 Å². The zero-order valence-corrected chi connectivity index (χ0v) is 44.9. The molecule has 2 fully saturated rings. The van der Waals surface area contributed by atoms with Crippen molar-refractivity contribution in [2.45, 2.75) is 73.1 Å². The summed E-state index contributed by atoms with van der Waals surface area (Å²) >= 11 is 9.47. The maximum atomic E-state index is 12.9. The smallest absolute Gasteiger partial charge is 0.322 e. The number of hydrogen-bond acceptors (Lipinski definition) is 13. The highest BCUT2D eigenvalue weighted by atomic mass is 79.9. The summed E-state index contributed by atoms with van der Waals surface area (Å²) in [6.07, 6.45) is 6.07. The summed E-state index contributed by atoms with van der Waals surface area (Å²) in [4.78, 5) is 47.1. The topological polar surface area (TPSA) is 194 Å². The van der Waals surface area contributed by atoms with E-state index in [1.807, 2.05) is 81.9 Å². The first-order valence-electron chi connectivity index (χ1n) is 23.7. The highest BCUT2D eigenvalue weighted by Gasteiger charge is 2.29. The Morgan fingerprint density at radius 2 is 1.01 bits per heavy atom. The van der Waals surface area contributed by atoms with Crippen LogP contribution < -0.4 is 5.73 Å². The van der Waals surface area contributed by atoms with E-state index in [1.165, 1.54) is 73.6 Å². The van der Waals surface area contributed by atoms with E-state index < -0.39 is 17.9 Å². The lowest BCUT2D eigenvalue weighted by Gasteiger charge is -2.15. The summed E-state index contributed by atoms with van der Waals surface area (Å²) in [5.74, 6) is -0.740. The van der Waals surface area contributed by atoms with Gasteiger partial charge < -0.3 is 20.3 Å². The van der Waals surface area contributed by atoms with Gasteiger partial charge in [-0.25, -0.2) is 0 Å². The number of ether oxygens (including phenoxy) is 2. The van der Waals surface area contributed by atoms with Gasteiger partial charge in [-0.2, -0.15) is 0 Å². The van der Waals surface area contributed by atoms with Crippen LogP contribution in [0.3, 0.4) is 0 Å². The molecular formula is C55H53Br2N7O7S2. The molecule has 6 aromatic carbocycles. The van der Waals surface area contributed by atoms with Gasteiger partial charge in [-0.3, -0.25) is 28.3 Å². The molecule has 0 radical (unpaired) electrons. The Balaban J connectivity index is 0.000000164. The average Bonchev–Trinajstić information content (AvgIpc) is 4.36. The fourth-order valence-electron chi connectivity index (χ4n) is 8.61. The molecule has 3 N–H and O–H groups in total. The zero-order valence-electron chi connectivity index (χ0n) is 40.1. The number of nitrogens with zero attached hydrogens (tertiary/aromatic N) is 6. The van der Waals surface area contributed by atoms with Crippen LogP contribution in [0.4, 0.5) is 0 Å². The minimum atomic E-state index is -0.875. The first kappa shape index (κ1) is 53.1. The first-order valence-corrected chi connectivity index (χ1v) is 27.2. The maximum absolute atomic E-state index is 12.9. The molecule has 2 saturated carbocycles. The summed E-state index contributed by atoms with van der Waals surface area (Å²) in [5.41, 5.74) is 12.3. The third-order valence-corrected chi connectivity index (χ3v) is 15.3. The van der Waals surface area contributed by atoms with Crippen molar-refractivity contribution in [1.29, 1.82) is 0 Å². The Morgan fingerprint density at radius 3 is 1.45 bits per heavy atom. The van der Waals surface area contributed by atoms with E-state index in [-0.39, 0.29) is 35.6 Å². The number of carbonyl (C=O) groups is 4. The van der Waals surface area contributed by atoms with Crippen LogP contribution in [0.1, 0.15) is 66.2 Å². The van der Waals surface area contributed by atoms with E-state index in [0.29, 0.717) is 44.5 Å². The number of carbonyl (C=O) groups excluding carboxylic acids is 3. The molecule has 2 atom stereocenters. The van der Waals surface area contributed by atoms with Gasteiger partial charge in [0.15, 0.2) is 10.3 Å². The number of Topliss-reactive ketones (excluding diaryl/α,β-unsaturated/α-hetero) is 1. The molecule has 0 bridgehead atoms. The molecule has 2 aliphatic carbocycles. The molecule has 2 heterocycles. The van der Waals surface area contributed by atoms with Crippen molar-refractivity contribution in [2.75, 3.05) is 25.7 Å². The fraction of sp³-hybridized carbons (Fsp3) is 0.273. The summed E-state index contributed by atoms with van der Waals surface area (Å²) in [7, 11) is 2.70. The van der Waals surface area contributed by atoms with Crippen molar-refractivity contribution < 1.29 is 33.8 Å². The lowest BCUT2D eigenvalue weighted by Crippen LogP contribution is -2.33. The van der Waals surface area contributed by atoms with Gasteiger partial charge in [0.1, 0.15) is 11.8 Å². The van der Waals surface area contributed by atoms with Gasteiger partial charge in [0.05, 0.1) is 43.0 Å². The van der Waals surface area contributed by atoms with Crippen molar-refractivity contribution in [3.05, 3.63) is 165 Å². The lowest BCUT2D eigenvalue weighted by atomic mass is 9.95. The lowest BCUT2D eigenvalue weighted by molar-refractivity contribution is -0.147. The summed E-state index contributed by atoms with van der Waals surface area (Å²) < 4.78 is 14.5. The quantitative estimate of drug-likeness (QED) is 0.0608. The monoisotopic (exact) mass is 1150 g/mol. The molecule has 8 aromatic rings. The van der Waals surface area contributed by atoms with Gasteiger partial charge >= 0.3 is 17.9 Å². The predicted molar refractivity (Wildman–Crippen MR) is 292 cm³/mol. The second-order valence-electron chi connectivity index (χ2n) is 17.6. The number of aromatic nitrogens is 6. The number of carboxylic acids is 1. The van der Waals surface area contributed by atoms with E-state index in [0.717, 1.165) is 45.0 Å². The van der Waals surface area contributed by atoms with Crippen LogP contribution in [-0.2, 0) is 41.5 Å². The van der Waals surface area contributed by atoms with Crippen LogP contribution in [0.15, 0.2) is 153 Å². The maximum Gasteiger partial charge on any atom is 0.322 e. The summed E-state index contributed by atoms with van der Waals surface area (Å²) in [6.45, 7) is 0. The number of aliphatic carboxylic acids is 1. The third kappa shape index (κ3) is 13.7. The normalized spacial score (nSPS) is 13.8. The second-order valence-corrected chi connectivity index (χ2v) is 20.9. The molecule has 14 nitrogen and oxygen atoms in total. The van der Waals surface area contributed by atoms with Crippen molar-refractivity contribution >= 4 is 101 Å². The fourth-order valence-corrected chi connectivity index (χ4v) is 11.2. The number of methoxy groups -OCH3 is 2. The second kappa shape index (κ2) is 25.2. The van der Waals surface area contributed by atoms with E-state index in [4.69, 9.17) is 15.6 Å². The van der Waals surface area contributed by atoms with Crippen LogP contribution in [0.25, 0.3) is 32.9 Å². The van der Waals surface area contributed by atoms with Gasteiger partial charge in [0.2, 0.25) is 9.47 Å². The van der Waals surface area contributed by atoms with Gasteiger partial charge in [-0.05, 0) is 127 Å². The number of benzene rings is 6. The van der Waals surface area contributed by atoms with E-state index in [9.17, 15) is 19.2 Å². The first-order chi connectivity index (χ1) is 35.4. The molecular weight excluding hydrogens is 1090 g/mol. The molecule has 18 heteroatoms. The molecule has 0 saturated heterocycles. The zero-order chi connectivity index (χ0) is 51.4. The van der Waals surface area contributed by atoms with Gasteiger partial charge in [0, 0.05) is 17.2 Å². The van der Waals surface area contributed by atoms with Crippen LogP contribution >= 0.6 is 55.4 Å². The van der Waals surface area contributed by atoms with Crippen molar-refractivity contribution in [1.82, 2.24) is 29.5 Å². The molecule has 73 heavy (non-hydrogen) atoms. The van der Waals surface area contributed by atoms with E-state index in [1.54, 1.807) is 0 Å². The van der Waals surface area contributed by atoms with Crippen molar-refractivity contribution in [3.63, 3.8) is 0 Å². The number of hydrogen-bond donors (Lipinski definition) is 2. The number of nitrogens with two attached hydrogens (primary N) is 1. The summed E-state index contributed by atoms with van der Waals surface area (Å²) in [5, 5.41) is 31.6. The Labute approximate surface area is 448 Å². The molecule has 10 rings (SSSR count). The molecule has 0 amide bonds. The van der Waals surface area contributed by atoms with Gasteiger partial charge in [-0.15, -0.1) is 20.4 Å². The Hall–Kier alpha value is -6.18. The number of halogens is 2. The number of carboxylic acid groups (broad SMARTS) is 1. The molecule has 376 valence electrons. The van der Waals surface area contributed by atoms with E-state index in [2.05, 4.69) is 118 Å². The molecule has 0 aliphatic heterocycles.